The smallest absolute Gasteiger partial charge is 0.128 e. The summed E-state index contributed by atoms with van der Waals surface area (Å²) in [6.07, 6.45) is 0. The lowest BCUT2D eigenvalue weighted by atomic mass is 10.1. The van der Waals surface area contributed by atoms with Crippen molar-refractivity contribution in [1.29, 1.82) is 0 Å². The number of alkyl halides is 1. The molecule has 1 aliphatic rings. The number of hydrogen-bond donors (Lipinski definition) is 1. The molecule has 17 heavy (non-hydrogen) atoms. The number of nitrogens with zero attached hydrogens (tertiary/aromatic N) is 1. The van der Waals surface area contributed by atoms with Gasteiger partial charge >= 0.3 is 0 Å². The third-order valence-electron chi connectivity index (χ3n) is 3.06. The van der Waals surface area contributed by atoms with Gasteiger partial charge in [0.25, 0.3) is 0 Å². The van der Waals surface area contributed by atoms with E-state index in [0.29, 0.717) is 5.56 Å². The minimum atomic E-state index is -0.545. The highest BCUT2D eigenvalue weighted by molar-refractivity contribution is 14.1. The molecule has 1 atom stereocenters. The number of rotatable bonds is 3. The third kappa shape index (κ3) is 3.14. The molecule has 5 heteroatoms. The van der Waals surface area contributed by atoms with E-state index in [0.717, 1.165) is 29.7 Å². The maximum absolute atomic E-state index is 13.7. The Morgan fingerprint density at radius 3 is 2.71 bits per heavy atom. The highest BCUT2D eigenvalue weighted by Gasteiger charge is 2.24. The molecule has 1 aromatic rings. The van der Waals surface area contributed by atoms with Gasteiger partial charge in [-0.1, -0.05) is 0 Å². The molecule has 1 aromatic carbocycles. The predicted octanol–water partition coefficient (Wildman–Crippen LogP) is 2.35. The summed E-state index contributed by atoms with van der Waals surface area (Å²) in [5.41, 5.74) is 0.473. The molecule has 0 aromatic heterocycles. The van der Waals surface area contributed by atoms with Gasteiger partial charge < -0.3 is 5.32 Å². The van der Waals surface area contributed by atoms with Crippen LogP contribution < -0.4 is 5.32 Å². The van der Waals surface area contributed by atoms with Gasteiger partial charge in [-0.15, -0.1) is 0 Å². The van der Waals surface area contributed by atoms with Gasteiger partial charge in [0.15, 0.2) is 0 Å². The minimum Gasteiger partial charge on any atom is -0.314 e. The van der Waals surface area contributed by atoms with Gasteiger partial charge in [0, 0.05) is 35.3 Å². The molecule has 0 bridgehead atoms. The topological polar surface area (TPSA) is 15.3 Å². The SMILES string of the molecule is FC[C@H](c1cc(I)ccc1F)N1CCNCC1. The molecule has 2 nitrogen and oxygen atoms in total. The van der Waals surface area contributed by atoms with Crippen LogP contribution in [-0.2, 0) is 0 Å². The van der Waals surface area contributed by atoms with Crippen molar-refractivity contribution in [3.63, 3.8) is 0 Å². The van der Waals surface area contributed by atoms with E-state index in [1.165, 1.54) is 6.07 Å². The Kier molecular flexibility index (Phi) is 4.69. The van der Waals surface area contributed by atoms with Crippen LogP contribution in [0, 0.1) is 9.39 Å². The normalized spacial score (nSPS) is 19.2. The summed E-state index contributed by atoms with van der Waals surface area (Å²) in [4.78, 5) is 2.00. The number of halogens is 3. The van der Waals surface area contributed by atoms with Gasteiger partial charge in [-0.25, -0.2) is 8.78 Å². The highest BCUT2D eigenvalue weighted by Crippen LogP contribution is 2.25. The maximum atomic E-state index is 13.7. The first-order valence-electron chi connectivity index (χ1n) is 5.68. The van der Waals surface area contributed by atoms with Gasteiger partial charge in [-0.2, -0.15) is 0 Å². The Morgan fingerprint density at radius 2 is 2.06 bits per heavy atom. The third-order valence-corrected chi connectivity index (χ3v) is 3.73. The maximum Gasteiger partial charge on any atom is 0.128 e. The highest BCUT2D eigenvalue weighted by atomic mass is 127. The number of hydrogen-bond acceptors (Lipinski definition) is 2. The van der Waals surface area contributed by atoms with Crippen LogP contribution in [0.2, 0.25) is 0 Å². The molecule has 0 saturated carbocycles. The quantitative estimate of drug-likeness (QED) is 0.841. The van der Waals surface area contributed by atoms with Crippen LogP contribution in [0.25, 0.3) is 0 Å². The molecular formula is C12H15F2IN2. The fourth-order valence-electron chi connectivity index (χ4n) is 2.14. The standard InChI is InChI=1S/C12H15F2IN2/c13-8-12(17-5-3-16-4-6-17)10-7-9(15)1-2-11(10)14/h1-2,7,12,16H,3-6,8H2/t12-/m1/s1. The fourth-order valence-corrected chi connectivity index (χ4v) is 2.66. The van der Waals surface area contributed by atoms with E-state index in [1.54, 1.807) is 12.1 Å². The van der Waals surface area contributed by atoms with Crippen LogP contribution in [0.1, 0.15) is 11.6 Å². The van der Waals surface area contributed by atoms with Gasteiger partial charge in [-0.3, -0.25) is 4.90 Å². The fraction of sp³-hybridized carbons (Fsp3) is 0.500. The molecule has 1 fully saturated rings. The molecule has 0 spiro atoms. The molecule has 0 radical (unpaired) electrons. The second-order valence-electron chi connectivity index (χ2n) is 4.12. The molecule has 1 saturated heterocycles. The molecule has 1 heterocycles. The lowest BCUT2D eigenvalue weighted by molar-refractivity contribution is 0.144. The minimum absolute atomic E-state index is 0.313. The van der Waals surface area contributed by atoms with Crippen LogP contribution in [0.3, 0.4) is 0 Å². The Bertz CT molecular complexity index is 381. The second-order valence-corrected chi connectivity index (χ2v) is 5.37. The average molecular weight is 352 g/mol. The lowest BCUT2D eigenvalue weighted by Gasteiger charge is -2.33. The van der Waals surface area contributed by atoms with Gasteiger partial charge in [0.05, 0.1) is 6.04 Å². The molecular weight excluding hydrogens is 337 g/mol. The summed E-state index contributed by atoms with van der Waals surface area (Å²) in [6, 6.07) is 4.41. The lowest BCUT2D eigenvalue weighted by Crippen LogP contribution is -2.45. The van der Waals surface area contributed by atoms with Crippen LogP contribution in [0.15, 0.2) is 18.2 Å². The van der Waals surface area contributed by atoms with Crippen LogP contribution in [0.4, 0.5) is 8.78 Å². The number of piperazine rings is 1. The van der Waals surface area contributed by atoms with E-state index in [4.69, 9.17) is 0 Å². The van der Waals surface area contributed by atoms with E-state index in [2.05, 4.69) is 27.9 Å². The molecule has 0 unspecified atom stereocenters. The summed E-state index contributed by atoms with van der Waals surface area (Å²) < 4.78 is 27.9. The first kappa shape index (κ1) is 13.2. The molecule has 1 aliphatic heterocycles. The first-order valence-corrected chi connectivity index (χ1v) is 6.76. The van der Waals surface area contributed by atoms with Crippen molar-refractivity contribution in [2.24, 2.45) is 0 Å². The van der Waals surface area contributed by atoms with E-state index < -0.39 is 12.7 Å². The predicted molar refractivity (Wildman–Crippen MR) is 72.3 cm³/mol. The van der Waals surface area contributed by atoms with Crippen LogP contribution in [0.5, 0.6) is 0 Å². The molecule has 94 valence electrons. The summed E-state index contributed by atoms with van der Waals surface area (Å²) in [6.45, 7) is 2.65. The number of nitrogens with one attached hydrogen (secondary N) is 1. The van der Waals surface area contributed by atoms with Crippen LogP contribution >= 0.6 is 22.6 Å². The monoisotopic (exact) mass is 352 g/mol. The number of benzene rings is 1. The zero-order valence-corrected chi connectivity index (χ0v) is 11.6. The van der Waals surface area contributed by atoms with Gasteiger partial charge in [-0.05, 0) is 40.8 Å². The Balaban J connectivity index is 2.24. The van der Waals surface area contributed by atoms with E-state index >= 15 is 0 Å². The zero-order valence-electron chi connectivity index (χ0n) is 9.43. The van der Waals surface area contributed by atoms with Crippen molar-refractivity contribution in [3.8, 4) is 0 Å². The van der Waals surface area contributed by atoms with Crippen molar-refractivity contribution < 1.29 is 8.78 Å². The summed E-state index contributed by atoms with van der Waals surface area (Å²) in [7, 11) is 0. The Labute approximate surface area is 114 Å². The van der Waals surface area contributed by atoms with E-state index in [9.17, 15) is 8.78 Å². The average Bonchev–Trinajstić information content (AvgIpc) is 2.36. The van der Waals surface area contributed by atoms with Crippen molar-refractivity contribution >= 4 is 22.6 Å². The summed E-state index contributed by atoms with van der Waals surface area (Å²) in [5, 5.41) is 3.21. The molecule has 0 amide bonds. The van der Waals surface area contributed by atoms with Crippen molar-refractivity contribution in [3.05, 3.63) is 33.1 Å². The summed E-state index contributed by atoms with van der Waals surface area (Å²) >= 11 is 2.12. The molecule has 2 rings (SSSR count). The van der Waals surface area contributed by atoms with E-state index in [1.807, 2.05) is 4.90 Å². The first-order chi connectivity index (χ1) is 8.22. The summed E-state index contributed by atoms with van der Waals surface area (Å²) in [5.74, 6) is -0.313. The van der Waals surface area contributed by atoms with Crippen molar-refractivity contribution in [2.45, 2.75) is 6.04 Å². The van der Waals surface area contributed by atoms with E-state index in [-0.39, 0.29) is 5.82 Å². The zero-order chi connectivity index (χ0) is 12.3. The van der Waals surface area contributed by atoms with Gasteiger partial charge in [0.2, 0.25) is 0 Å². The second kappa shape index (κ2) is 6.06. The molecule has 0 aliphatic carbocycles. The van der Waals surface area contributed by atoms with Crippen molar-refractivity contribution in [2.75, 3.05) is 32.9 Å². The van der Waals surface area contributed by atoms with Crippen molar-refractivity contribution in [1.82, 2.24) is 10.2 Å². The molecule has 1 N–H and O–H groups in total. The van der Waals surface area contributed by atoms with Gasteiger partial charge in [0.1, 0.15) is 12.5 Å². The Morgan fingerprint density at radius 1 is 1.35 bits per heavy atom. The Hall–Kier alpha value is -0.270. The largest absolute Gasteiger partial charge is 0.314 e. The van der Waals surface area contributed by atoms with Crippen LogP contribution in [-0.4, -0.2) is 37.8 Å².